The molecule has 0 aromatic heterocycles. The van der Waals surface area contributed by atoms with E-state index in [2.05, 4.69) is 33.8 Å². The van der Waals surface area contributed by atoms with Crippen LogP contribution >= 0.6 is 0 Å². The first-order valence-electron chi connectivity index (χ1n) is 5.48. The van der Waals surface area contributed by atoms with Crippen molar-refractivity contribution in [2.75, 3.05) is 0 Å². The largest absolute Gasteiger partial charge is 0.0853 e. The Kier molecular flexibility index (Phi) is 7.23. The molecule has 0 rings (SSSR count). The zero-order chi connectivity index (χ0) is 9.40. The summed E-state index contributed by atoms with van der Waals surface area (Å²) in [5, 5.41) is 0. The first-order chi connectivity index (χ1) is 5.79. The zero-order valence-electron chi connectivity index (χ0n) is 9.19. The molecule has 0 heteroatoms. The monoisotopic (exact) mass is 168 g/mol. The minimum Gasteiger partial charge on any atom is -0.0853 e. The van der Waals surface area contributed by atoms with E-state index in [1.54, 1.807) is 5.57 Å². The zero-order valence-corrected chi connectivity index (χ0v) is 9.19. The van der Waals surface area contributed by atoms with Gasteiger partial charge in [0.2, 0.25) is 0 Å². The summed E-state index contributed by atoms with van der Waals surface area (Å²) in [6.07, 6.45) is 8.86. The SMILES string of the molecule is CC/C=C(\CC)C(CC)CCC. The van der Waals surface area contributed by atoms with E-state index in [1.807, 2.05) is 0 Å². The van der Waals surface area contributed by atoms with Crippen LogP contribution in [0.3, 0.4) is 0 Å². The smallest absolute Gasteiger partial charge is 0.0206 e. The highest BCUT2D eigenvalue weighted by molar-refractivity contribution is 5.05. The minimum absolute atomic E-state index is 0.861. The topological polar surface area (TPSA) is 0 Å². The molecule has 0 aromatic carbocycles. The lowest BCUT2D eigenvalue weighted by Gasteiger charge is -2.16. The van der Waals surface area contributed by atoms with Gasteiger partial charge in [-0.05, 0) is 31.6 Å². The summed E-state index contributed by atoms with van der Waals surface area (Å²) >= 11 is 0. The number of allylic oxidation sites excluding steroid dienone is 2. The Morgan fingerprint density at radius 3 is 2.17 bits per heavy atom. The van der Waals surface area contributed by atoms with E-state index in [4.69, 9.17) is 0 Å². The lowest BCUT2D eigenvalue weighted by atomic mass is 9.89. The van der Waals surface area contributed by atoms with Crippen LogP contribution in [-0.4, -0.2) is 0 Å². The van der Waals surface area contributed by atoms with Crippen molar-refractivity contribution in [2.45, 2.75) is 59.8 Å². The molecule has 0 radical (unpaired) electrons. The second-order valence-corrected chi connectivity index (χ2v) is 3.43. The van der Waals surface area contributed by atoms with Gasteiger partial charge in [-0.25, -0.2) is 0 Å². The lowest BCUT2D eigenvalue weighted by Crippen LogP contribution is -2.01. The van der Waals surface area contributed by atoms with Crippen LogP contribution in [0.15, 0.2) is 11.6 Å². The van der Waals surface area contributed by atoms with Gasteiger partial charge in [-0.3, -0.25) is 0 Å². The molecule has 0 fully saturated rings. The van der Waals surface area contributed by atoms with Crippen molar-refractivity contribution >= 4 is 0 Å². The predicted molar refractivity (Wildman–Crippen MR) is 57.4 cm³/mol. The molecule has 0 saturated carbocycles. The standard InChI is InChI=1S/C12H24/c1-5-9-11(7-3)12(8-4)10-6-2/h9,12H,5-8,10H2,1-4H3/b11-9+. The Bertz CT molecular complexity index is 122. The summed E-state index contributed by atoms with van der Waals surface area (Å²) in [7, 11) is 0. The summed E-state index contributed by atoms with van der Waals surface area (Å²) in [5.74, 6) is 0.861. The Hall–Kier alpha value is -0.260. The van der Waals surface area contributed by atoms with Crippen molar-refractivity contribution in [1.82, 2.24) is 0 Å². The maximum absolute atomic E-state index is 2.42. The molecule has 0 nitrogen and oxygen atoms in total. The Morgan fingerprint density at radius 2 is 1.83 bits per heavy atom. The third-order valence-corrected chi connectivity index (χ3v) is 2.53. The van der Waals surface area contributed by atoms with Crippen LogP contribution < -0.4 is 0 Å². The van der Waals surface area contributed by atoms with Crippen LogP contribution in [0.2, 0.25) is 0 Å². The average Bonchev–Trinajstić information content (AvgIpc) is 2.11. The van der Waals surface area contributed by atoms with Crippen molar-refractivity contribution in [2.24, 2.45) is 5.92 Å². The molecule has 0 saturated heterocycles. The van der Waals surface area contributed by atoms with Crippen LogP contribution in [-0.2, 0) is 0 Å². The van der Waals surface area contributed by atoms with Gasteiger partial charge in [-0.2, -0.15) is 0 Å². The van der Waals surface area contributed by atoms with E-state index in [9.17, 15) is 0 Å². The first-order valence-corrected chi connectivity index (χ1v) is 5.48. The maximum Gasteiger partial charge on any atom is -0.0206 e. The Balaban J connectivity index is 4.12. The summed E-state index contributed by atoms with van der Waals surface area (Å²) < 4.78 is 0. The minimum atomic E-state index is 0.861. The van der Waals surface area contributed by atoms with E-state index >= 15 is 0 Å². The van der Waals surface area contributed by atoms with Crippen molar-refractivity contribution in [3.05, 3.63) is 11.6 Å². The van der Waals surface area contributed by atoms with Crippen LogP contribution in [0.1, 0.15) is 59.8 Å². The number of hydrogen-bond donors (Lipinski definition) is 0. The second-order valence-electron chi connectivity index (χ2n) is 3.43. The van der Waals surface area contributed by atoms with E-state index in [0.29, 0.717) is 0 Å². The third-order valence-electron chi connectivity index (χ3n) is 2.53. The molecule has 1 atom stereocenters. The molecule has 12 heavy (non-hydrogen) atoms. The van der Waals surface area contributed by atoms with Gasteiger partial charge in [0, 0.05) is 0 Å². The summed E-state index contributed by atoms with van der Waals surface area (Å²) in [6.45, 7) is 9.09. The Morgan fingerprint density at radius 1 is 1.17 bits per heavy atom. The summed E-state index contributed by atoms with van der Waals surface area (Å²) in [6, 6.07) is 0. The van der Waals surface area contributed by atoms with Gasteiger partial charge in [0.1, 0.15) is 0 Å². The van der Waals surface area contributed by atoms with Gasteiger partial charge in [0.15, 0.2) is 0 Å². The molecule has 0 aliphatic heterocycles. The van der Waals surface area contributed by atoms with E-state index in [1.165, 1.54) is 32.1 Å². The van der Waals surface area contributed by atoms with Gasteiger partial charge in [-0.1, -0.05) is 45.8 Å². The van der Waals surface area contributed by atoms with Gasteiger partial charge in [0.25, 0.3) is 0 Å². The third kappa shape index (κ3) is 3.94. The molecule has 0 bridgehead atoms. The average molecular weight is 168 g/mol. The van der Waals surface area contributed by atoms with Gasteiger partial charge >= 0.3 is 0 Å². The van der Waals surface area contributed by atoms with E-state index < -0.39 is 0 Å². The molecule has 0 N–H and O–H groups in total. The quantitative estimate of drug-likeness (QED) is 0.510. The highest BCUT2D eigenvalue weighted by Gasteiger charge is 2.08. The predicted octanol–water partition coefficient (Wildman–Crippen LogP) is 4.56. The van der Waals surface area contributed by atoms with Crippen LogP contribution in [0.25, 0.3) is 0 Å². The fraction of sp³-hybridized carbons (Fsp3) is 0.833. The molecule has 0 heterocycles. The number of rotatable bonds is 6. The van der Waals surface area contributed by atoms with Crippen LogP contribution in [0.5, 0.6) is 0 Å². The Labute approximate surface area is 78.1 Å². The number of hydrogen-bond acceptors (Lipinski definition) is 0. The summed E-state index contributed by atoms with van der Waals surface area (Å²) in [5.41, 5.74) is 1.68. The lowest BCUT2D eigenvalue weighted by molar-refractivity contribution is 0.519. The fourth-order valence-corrected chi connectivity index (χ4v) is 1.86. The molecule has 0 spiro atoms. The van der Waals surface area contributed by atoms with Crippen molar-refractivity contribution in [3.63, 3.8) is 0 Å². The fourth-order valence-electron chi connectivity index (χ4n) is 1.86. The molecule has 1 unspecified atom stereocenters. The van der Waals surface area contributed by atoms with Crippen LogP contribution in [0, 0.1) is 5.92 Å². The maximum atomic E-state index is 2.42. The summed E-state index contributed by atoms with van der Waals surface area (Å²) in [4.78, 5) is 0. The van der Waals surface area contributed by atoms with E-state index in [-0.39, 0.29) is 0 Å². The molecular formula is C12H24. The molecule has 0 aliphatic carbocycles. The van der Waals surface area contributed by atoms with Gasteiger partial charge in [0.05, 0.1) is 0 Å². The molecule has 72 valence electrons. The van der Waals surface area contributed by atoms with Gasteiger partial charge < -0.3 is 0 Å². The van der Waals surface area contributed by atoms with Gasteiger partial charge in [-0.15, -0.1) is 0 Å². The molecular weight excluding hydrogens is 144 g/mol. The normalized spacial score (nSPS) is 14.8. The molecule has 0 aliphatic rings. The van der Waals surface area contributed by atoms with E-state index in [0.717, 1.165) is 5.92 Å². The van der Waals surface area contributed by atoms with Crippen molar-refractivity contribution in [1.29, 1.82) is 0 Å². The second kappa shape index (κ2) is 7.39. The highest BCUT2D eigenvalue weighted by Crippen LogP contribution is 2.23. The highest BCUT2D eigenvalue weighted by atomic mass is 14.1. The van der Waals surface area contributed by atoms with Crippen molar-refractivity contribution < 1.29 is 0 Å². The molecule has 0 amide bonds. The van der Waals surface area contributed by atoms with Crippen LogP contribution in [0.4, 0.5) is 0 Å². The van der Waals surface area contributed by atoms with Crippen molar-refractivity contribution in [3.8, 4) is 0 Å². The first kappa shape index (κ1) is 11.7. The molecule has 0 aromatic rings.